The summed E-state index contributed by atoms with van der Waals surface area (Å²) < 4.78 is 5.76. The number of benzene rings is 1. The Bertz CT molecular complexity index is 618. The summed E-state index contributed by atoms with van der Waals surface area (Å²) in [5.74, 6) is -1.28. The number of nitrogens with zero attached hydrogens (tertiary/aromatic N) is 1. The quantitative estimate of drug-likeness (QED) is 0.585. The van der Waals surface area contributed by atoms with Gasteiger partial charge in [-0.1, -0.05) is 30.3 Å². The SMILES string of the molecule is CC(C)NC(=O)C(=O)NCCCC(=O)N1CCOC(c2ccccc2)C1. The van der Waals surface area contributed by atoms with Crippen molar-refractivity contribution in [3.8, 4) is 0 Å². The summed E-state index contributed by atoms with van der Waals surface area (Å²) in [6, 6.07) is 9.76. The minimum atomic E-state index is -0.665. The predicted molar refractivity (Wildman–Crippen MR) is 97.2 cm³/mol. The molecule has 1 aromatic carbocycles. The summed E-state index contributed by atoms with van der Waals surface area (Å²) in [5.41, 5.74) is 1.06. The molecule has 0 spiro atoms. The van der Waals surface area contributed by atoms with Crippen LogP contribution >= 0.6 is 0 Å². The van der Waals surface area contributed by atoms with Gasteiger partial charge in [-0.15, -0.1) is 0 Å². The second kappa shape index (κ2) is 9.91. The summed E-state index contributed by atoms with van der Waals surface area (Å²) in [4.78, 5) is 37.3. The monoisotopic (exact) mass is 361 g/mol. The van der Waals surface area contributed by atoms with E-state index in [0.717, 1.165) is 5.56 Å². The van der Waals surface area contributed by atoms with Crippen molar-refractivity contribution >= 4 is 17.7 Å². The molecule has 0 radical (unpaired) electrons. The molecule has 0 aliphatic carbocycles. The number of hydrogen-bond acceptors (Lipinski definition) is 4. The fourth-order valence-corrected chi connectivity index (χ4v) is 2.75. The van der Waals surface area contributed by atoms with Crippen molar-refractivity contribution in [2.24, 2.45) is 0 Å². The molecule has 0 saturated carbocycles. The Morgan fingerprint density at radius 1 is 1.19 bits per heavy atom. The van der Waals surface area contributed by atoms with Crippen LogP contribution in [0, 0.1) is 0 Å². The molecule has 142 valence electrons. The van der Waals surface area contributed by atoms with Crippen LogP contribution in [0.2, 0.25) is 0 Å². The number of ether oxygens (including phenoxy) is 1. The minimum absolute atomic E-state index is 0.0371. The molecular weight excluding hydrogens is 334 g/mol. The molecule has 1 aromatic rings. The van der Waals surface area contributed by atoms with E-state index in [-0.39, 0.29) is 18.1 Å². The van der Waals surface area contributed by atoms with Crippen molar-refractivity contribution in [3.05, 3.63) is 35.9 Å². The number of hydrogen-bond donors (Lipinski definition) is 2. The second-order valence-corrected chi connectivity index (χ2v) is 6.60. The van der Waals surface area contributed by atoms with Crippen molar-refractivity contribution in [1.82, 2.24) is 15.5 Å². The lowest BCUT2D eigenvalue weighted by atomic mass is 10.1. The first-order chi connectivity index (χ1) is 12.5. The van der Waals surface area contributed by atoms with Gasteiger partial charge in [-0.2, -0.15) is 0 Å². The Morgan fingerprint density at radius 2 is 1.92 bits per heavy atom. The smallest absolute Gasteiger partial charge is 0.309 e. The fraction of sp³-hybridized carbons (Fsp3) is 0.526. The molecule has 0 bridgehead atoms. The summed E-state index contributed by atoms with van der Waals surface area (Å²) in [5, 5.41) is 5.06. The molecule has 26 heavy (non-hydrogen) atoms. The molecule has 0 aromatic heterocycles. The maximum Gasteiger partial charge on any atom is 0.309 e. The van der Waals surface area contributed by atoms with Gasteiger partial charge in [0.25, 0.3) is 0 Å². The molecule has 1 aliphatic rings. The van der Waals surface area contributed by atoms with Crippen molar-refractivity contribution in [2.75, 3.05) is 26.2 Å². The van der Waals surface area contributed by atoms with Gasteiger partial charge in [-0.25, -0.2) is 0 Å². The topological polar surface area (TPSA) is 87.7 Å². The predicted octanol–water partition coefficient (Wildman–Crippen LogP) is 1.01. The summed E-state index contributed by atoms with van der Waals surface area (Å²) in [6.07, 6.45) is 0.717. The van der Waals surface area contributed by atoms with E-state index in [2.05, 4.69) is 10.6 Å². The van der Waals surface area contributed by atoms with Crippen LogP contribution in [-0.2, 0) is 19.1 Å². The first-order valence-corrected chi connectivity index (χ1v) is 9.00. The first kappa shape index (κ1) is 19.9. The van der Waals surface area contributed by atoms with Crippen molar-refractivity contribution in [1.29, 1.82) is 0 Å². The third kappa shape index (κ3) is 6.15. The van der Waals surface area contributed by atoms with Crippen LogP contribution in [0.25, 0.3) is 0 Å². The normalized spacial score (nSPS) is 17.0. The first-order valence-electron chi connectivity index (χ1n) is 9.00. The molecule has 1 atom stereocenters. The van der Waals surface area contributed by atoms with Gasteiger partial charge in [0, 0.05) is 25.6 Å². The van der Waals surface area contributed by atoms with Crippen LogP contribution in [0.1, 0.15) is 38.4 Å². The van der Waals surface area contributed by atoms with Crippen LogP contribution in [-0.4, -0.2) is 54.9 Å². The molecule has 3 amide bonds. The lowest BCUT2D eigenvalue weighted by Gasteiger charge is -2.33. The molecular formula is C19H27N3O4. The Kier molecular flexibility index (Phi) is 7.59. The summed E-state index contributed by atoms with van der Waals surface area (Å²) in [7, 11) is 0. The van der Waals surface area contributed by atoms with Crippen LogP contribution in [0.15, 0.2) is 30.3 Å². The van der Waals surface area contributed by atoms with Crippen molar-refractivity contribution in [3.63, 3.8) is 0 Å². The van der Waals surface area contributed by atoms with Crippen molar-refractivity contribution in [2.45, 2.75) is 38.8 Å². The lowest BCUT2D eigenvalue weighted by molar-refractivity contribution is -0.140. The zero-order valence-corrected chi connectivity index (χ0v) is 15.4. The molecule has 2 N–H and O–H groups in total. The van der Waals surface area contributed by atoms with Gasteiger partial charge in [0.05, 0.1) is 13.2 Å². The molecule has 2 rings (SSSR count). The second-order valence-electron chi connectivity index (χ2n) is 6.60. The van der Waals surface area contributed by atoms with E-state index in [1.807, 2.05) is 30.3 Å². The molecule has 1 aliphatic heterocycles. The van der Waals surface area contributed by atoms with Gasteiger partial charge in [-0.3, -0.25) is 14.4 Å². The third-order valence-electron chi connectivity index (χ3n) is 4.07. The van der Waals surface area contributed by atoms with E-state index in [1.165, 1.54) is 0 Å². The van der Waals surface area contributed by atoms with Gasteiger partial charge in [0.2, 0.25) is 5.91 Å². The lowest BCUT2D eigenvalue weighted by Crippen LogP contribution is -2.44. The number of carbonyl (C=O) groups excluding carboxylic acids is 3. The number of amides is 3. The van der Waals surface area contributed by atoms with E-state index in [0.29, 0.717) is 39.1 Å². The molecule has 1 unspecified atom stereocenters. The van der Waals surface area contributed by atoms with E-state index >= 15 is 0 Å². The zero-order chi connectivity index (χ0) is 18.9. The highest BCUT2D eigenvalue weighted by atomic mass is 16.5. The molecule has 7 nitrogen and oxygen atoms in total. The fourth-order valence-electron chi connectivity index (χ4n) is 2.75. The van der Waals surface area contributed by atoms with Crippen LogP contribution in [0.5, 0.6) is 0 Å². The van der Waals surface area contributed by atoms with Gasteiger partial charge >= 0.3 is 11.8 Å². The Morgan fingerprint density at radius 3 is 2.62 bits per heavy atom. The molecule has 1 fully saturated rings. The molecule has 7 heteroatoms. The highest BCUT2D eigenvalue weighted by Crippen LogP contribution is 2.22. The maximum absolute atomic E-state index is 12.4. The Labute approximate surface area is 154 Å². The third-order valence-corrected chi connectivity index (χ3v) is 4.07. The number of nitrogens with one attached hydrogen (secondary N) is 2. The average Bonchev–Trinajstić information content (AvgIpc) is 2.65. The van der Waals surface area contributed by atoms with Crippen LogP contribution in [0.4, 0.5) is 0 Å². The minimum Gasteiger partial charge on any atom is -0.370 e. The van der Waals surface area contributed by atoms with Crippen LogP contribution < -0.4 is 10.6 Å². The van der Waals surface area contributed by atoms with E-state index in [9.17, 15) is 14.4 Å². The summed E-state index contributed by atoms with van der Waals surface area (Å²) in [6.45, 7) is 5.49. The van der Waals surface area contributed by atoms with Crippen LogP contribution in [0.3, 0.4) is 0 Å². The maximum atomic E-state index is 12.4. The number of morpholine rings is 1. The van der Waals surface area contributed by atoms with Gasteiger partial charge in [-0.05, 0) is 25.8 Å². The van der Waals surface area contributed by atoms with E-state index < -0.39 is 11.8 Å². The average molecular weight is 361 g/mol. The standard InChI is InChI=1S/C19H27N3O4/c1-14(2)21-19(25)18(24)20-10-6-9-17(23)22-11-12-26-16(13-22)15-7-4-3-5-8-15/h3-5,7-8,14,16H,6,9-13H2,1-2H3,(H,20,24)(H,21,25). The molecule has 1 saturated heterocycles. The van der Waals surface area contributed by atoms with Gasteiger partial charge in [0.1, 0.15) is 6.10 Å². The molecule has 1 heterocycles. The van der Waals surface area contributed by atoms with Gasteiger partial charge in [0.15, 0.2) is 0 Å². The van der Waals surface area contributed by atoms with Gasteiger partial charge < -0.3 is 20.3 Å². The largest absolute Gasteiger partial charge is 0.370 e. The number of rotatable bonds is 6. The number of carbonyl (C=O) groups is 3. The Hall–Kier alpha value is -2.41. The van der Waals surface area contributed by atoms with E-state index in [1.54, 1.807) is 18.7 Å². The Balaban J connectivity index is 1.71. The highest BCUT2D eigenvalue weighted by Gasteiger charge is 2.25. The van der Waals surface area contributed by atoms with Crippen molar-refractivity contribution < 1.29 is 19.1 Å². The summed E-state index contributed by atoms with van der Waals surface area (Å²) >= 11 is 0. The highest BCUT2D eigenvalue weighted by molar-refractivity contribution is 6.35. The van der Waals surface area contributed by atoms with E-state index in [4.69, 9.17) is 4.74 Å². The zero-order valence-electron chi connectivity index (χ0n) is 15.4.